The molecule has 17 heavy (non-hydrogen) atoms. The fourth-order valence-electron chi connectivity index (χ4n) is 2.32. The molecule has 0 saturated heterocycles. The first-order valence-electron chi connectivity index (χ1n) is 6.91. The van der Waals surface area contributed by atoms with Crippen LogP contribution in [0.5, 0.6) is 0 Å². The molecule has 0 heterocycles. The molecule has 0 aromatic rings. The monoisotopic (exact) mass is 239 g/mol. The predicted molar refractivity (Wildman–Crippen MR) is 75.4 cm³/mol. The van der Waals surface area contributed by atoms with Crippen molar-refractivity contribution >= 4 is 5.96 Å². The summed E-state index contributed by atoms with van der Waals surface area (Å²) in [5.74, 6) is 0.952. The first-order valence-corrected chi connectivity index (χ1v) is 6.91. The summed E-state index contributed by atoms with van der Waals surface area (Å²) in [6.45, 7) is 12.8. The van der Waals surface area contributed by atoms with Gasteiger partial charge in [-0.1, -0.05) is 19.8 Å². The lowest BCUT2D eigenvalue weighted by Crippen LogP contribution is -2.48. The summed E-state index contributed by atoms with van der Waals surface area (Å²) in [4.78, 5) is 4.75. The Hall–Kier alpha value is -0.730. The van der Waals surface area contributed by atoms with Crippen LogP contribution in [-0.4, -0.2) is 24.6 Å². The molecule has 1 rings (SSSR count). The molecule has 1 aliphatic rings. The Kier molecular flexibility index (Phi) is 4.84. The van der Waals surface area contributed by atoms with Crippen LogP contribution >= 0.6 is 0 Å². The van der Waals surface area contributed by atoms with E-state index in [1.54, 1.807) is 0 Å². The standard InChI is InChI=1S/C14H29N3/c1-6-15-12(17-13(2,3)4)16-11-14(5)9-7-8-10-14/h6-11H2,1-5H3,(H2,15,16,17). The summed E-state index contributed by atoms with van der Waals surface area (Å²) in [5, 5.41) is 6.76. The number of nitrogens with zero attached hydrogens (tertiary/aromatic N) is 1. The van der Waals surface area contributed by atoms with Crippen molar-refractivity contribution < 1.29 is 0 Å². The maximum atomic E-state index is 4.75. The molecule has 0 atom stereocenters. The molecule has 0 aromatic heterocycles. The zero-order valence-corrected chi connectivity index (χ0v) is 12.2. The number of guanidine groups is 1. The summed E-state index contributed by atoms with van der Waals surface area (Å²) in [6, 6.07) is 0. The summed E-state index contributed by atoms with van der Waals surface area (Å²) in [7, 11) is 0. The first-order chi connectivity index (χ1) is 7.85. The van der Waals surface area contributed by atoms with Crippen LogP contribution in [0.2, 0.25) is 0 Å². The SMILES string of the molecule is CCNC(=NCC1(C)CCCC1)NC(C)(C)C. The molecule has 100 valence electrons. The van der Waals surface area contributed by atoms with Crippen molar-refractivity contribution in [3.05, 3.63) is 0 Å². The number of rotatable bonds is 3. The number of nitrogens with one attached hydrogen (secondary N) is 2. The highest BCUT2D eigenvalue weighted by atomic mass is 15.2. The van der Waals surface area contributed by atoms with Gasteiger partial charge in [0.2, 0.25) is 0 Å². The third-order valence-electron chi connectivity index (χ3n) is 3.27. The van der Waals surface area contributed by atoms with Crippen LogP contribution in [0.25, 0.3) is 0 Å². The van der Waals surface area contributed by atoms with E-state index < -0.39 is 0 Å². The van der Waals surface area contributed by atoms with Crippen molar-refractivity contribution in [2.75, 3.05) is 13.1 Å². The van der Waals surface area contributed by atoms with E-state index in [9.17, 15) is 0 Å². The van der Waals surface area contributed by atoms with E-state index in [4.69, 9.17) is 4.99 Å². The topological polar surface area (TPSA) is 36.4 Å². The van der Waals surface area contributed by atoms with E-state index in [2.05, 4.69) is 45.3 Å². The average Bonchev–Trinajstić information content (AvgIpc) is 2.61. The summed E-state index contributed by atoms with van der Waals surface area (Å²) >= 11 is 0. The average molecular weight is 239 g/mol. The molecular weight excluding hydrogens is 210 g/mol. The van der Waals surface area contributed by atoms with Crippen LogP contribution in [0.1, 0.15) is 60.3 Å². The number of hydrogen-bond donors (Lipinski definition) is 2. The molecule has 1 aliphatic carbocycles. The Morgan fingerprint density at radius 2 is 1.82 bits per heavy atom. The molecule has 0 spiro atoms. The van der Waals surface area contributed by atoms with E-state index in [1.807, 2.05) is 0 Å². The molecule has 0 aliphatic heterocycles. The van der Waals surface area contributed by atoms with E-state index >= 15 is 0 Å². The fourth-order valence-corrected chi connectivity index (χ4v) is 2.32. The van der Waals surface area contributed by atoms with Crippen LogP contribution in [0.3, 0.4) is 0 Å². The predicted octanol–water partition coefficient (Wildman–Crippen LogP) is 2.92. The van der Waals surface area contributed by atoms with Gasteiger partial charge in [-0.25, -0.2) is 0 Å². The van der Waals surface area contributed by atoms with Crippen molar-refractivity contribution in [1.29, 1.82) is 0 Å². The van der Waals surface area contributed by atoms with E-state index in [-0.39, 0.29) is 5.54 Å². The Balaban J connectivity index is 2.56. The maximum Gasteiger partial charge on any atom is 0.191 e. The zero-order chi connectivity index (χ0) is 12.9. The quantitative estimate of drug-likeness (QED) is 0.587. The molecule has 1 saturated carbocycles. The van der Waals surface area contributed by atoms with Crippen LogP contribution in [0.4, 0.5) is 0 Å². The lowest BCUT2D eigenvalue weighted by atomic mass is 9.89. The summed E-state index contributed by atoms with van der Waals surface area (Å²) in [6.07, 6.45) is 5.39. The summed E-state index contributed by atoms with van der Waals surface area (Å²) < 4.78 is 0. The molecule has 3 heteroatoms. The molecule has 3 nitrogen and oxygen atoms in total. The minimum Gasteiger partial charge on any atom is -0.357 e. The molecule has 1 fully saturated rings. The van der Waals surface area contributed by atoms with Gasteiger partial charge in [0, 0.05) is 18.6 Å². The Morgan fingerprint density at radius 1 is 1.24 bits per heavy atom. The Bertz CT molecular complexity index is 257. The highest BCUT2D eigenvalue weighted by molar-refractivity contribution is 5.80. The van der Waals surface area contributed by atoms with Crippen LogP contribution in [0.15, 0.2) is 4.99 Å². The van der Waals surface area contributed by atoms with Crippen molar-refractivity contribution in [2.24, 2.45) is 10.4 Å². The van der Waals surface area contributed by atoms with E-state index in [0.717, 1.165) is 19.0 Å². The van der Waals surface area contributed by atoms with Crippen LogP contribution in [-0.2, 0) is 0 Å². The van der Waals surface area contributed by atoms with Crippen LogP contribution in [0, 0.1) is 5.41 Å². The highest BCUT2D eigenvalue weighted by Crippen LogP contribution is 2.37. The minimum absolute atomic E-state index is 0.0670. The molecule has 0 bridgehead atoms. The number of aliphatic imine (C=N–C) groups is 1. The van der Waals surface area contributed by atoms with Gasteiger partial charge in [-0.15, -0.1) is 0 Å². The van der Waals surface area contributed by atoms with Gasteiger partial charge in [-0.05, 0) is 46.0 Å². The fraction of sp³-hybridized carbons (Fsp3) is 0.929. The third kappa shape index (κ3) is 5.42. The van der Waals surface area contributed by atoms with Crippen molar-refractivity contribution in [1.82, 2.24) is 10.6 Å². The second-order valence-electron chi connectivity index (χ2n) is 6.59. The Labute approximate surface area is 106 Å². The maximum absolute atomic E-state index is 4.75. The molecule has 0 aromatic carbocycles. The Morgan fingerprint density at radius 3 is 2.29 bits per heavy atom. The molecule has 0 amide bonds. The van der Waals surface area contributed by atoms with E-state index in [0.29, 0.717) is 5.41 Å². The van der Waals surface area contributed by atoms with Gasteiger partial charge in [-0.2, -0.15) is 0 Å². The van der Waals surface area contributed by atoms with Crippen LogP contribution < -0.4 is 10.6 Å². The van der Waals surface area contributed by atoms with Gasteiger partial charge in [0.05, 0.1) is 0 Å². The molecule has 0 unspecified atom stereocenters. The smallest absolute Gasteiger partial charge is 0.191 e. The van der Waals surface area contributed by atoms with Gasteiger partial charge in [0.1, 0.15) is 0 Å². The first kappa shape index (κ1) is 14.3. The van der Waals surface area contributed by atoms with Gasteiger partial charge >= 0.3 is 0 Å². The van der Waals surface area contributed by atoms with Gasteiger partial charge in [0.25, 0.3) is 0 Å². The largest absolute Gasteiger partial charge is 0.357 e. The second kappa shape index (κ2) is 5.74. The third-order valence-corrected chi connectivity index (χ3v) is 3.27. The lowest BCUT2D eigenvalue weighted by molar-refractivity contribution is 0.349. The van der Waals surface area contributed by atoms with Crippen molar-refractivity contribution in [3.63, 3.8) is 0 Å². The van der Waals surface area contributed by atoms with Gasteiger partial charge in [0.15, 0.2) is 5.96 Å². The van der Waals surface area contributed by atoms with E-state index in [1.165, 1.54) is 25.7 Å². The van der Waals surface area contributed by atoms with Gasteiger partial charge in [-0.3, -0.25) is 4.99 Å². The highest BCUT2D eigenvalue weighted by Gasteiger charge is 2.28. The molecule has 2 N–H and O–H groups in total. The molecular formula is C14H29N3. The molecule has 0 radical (unpaired) electrons. The van der Waals surface area contributed by atoms with Crippen molar-refractivity contribution in [3.8, 4) is 0 Å². The van der Waals surface area contributed by atoms with Gasteiger partial charge < -0.3 is 10.6 Å². The lowest BCUT2D eigenvalue weighted by Gasteiger charge is -2.26. The second-order valence-corrected chi connectivity index (χ2v) is 6.59. The normalized spacial score (nSPS) is 20.4. The minimum atomic E-state index is 0.0670. The van der Waals surface area contributed by atoms with Crippen molar-refractivity contribution in [2.45, 2.75) is 65.8 Å². The summed E-state index contributed by atoms with van der Waals surface area (Å²) in [5.41, 5.74) is 0.498. The zero-order valence-electron chi connectivity index (χ0n) is 12.2. The number of hydrogen-bond acceptors (Lipinski definition) is 1.